The maximum absolute atomic E-state index is 12.4. The molecule has 0 aliphatic carbocycles. The molecule has 3 N–H and O–H groups in total. The number of nitrogens with one attached hydrogen (secondary N) is 1. The van der Waals surface area contributed by atoms with Crippen molar-refractivity contribution < 1.29 is 17.6 Å². The number of aryl methyl sites for hydroxylation is 1. The Morgan fingerprint density at radius 2 is 2.30 bits per heavy atom. The Balaban J connectivity index is 1.69. The molecule has 1 amide bonds. The summed E-state index contributed by atoms with van der Waals surface area (Å²) >= 11 is 0. The number of primary sulfonamides is 1. The number of nitrogens with zero attached hydrogens (tertiary/aromatic N) is 2. The number of amides is 1. The topological polar surface area (TPSA) is 122 Å². The molecular weight excluding hydrogens is 320 g/mol. The van der Waals surface area contributed by atoms with Gasteiger partial charge in [0.25, 0.3) is 5.91 Å². The van der Waals surface area contributed by atoms with Crippen molar-refractivity contribution in [2.45, 2.75) is 13.3 Å². The van der Waals surface area contributed by atoms with Gasteiger partial charge in [-0.3, -0.25) is 9.89 Å². The summed E-state index contributed by atoms with van der Waals surface area (Å²) in [7, 11) is -3.52. The largest absolute Gasteiger partial charge is 0.460 e. The van der Waals surface area contributed by atoms with E-state index < -0.39 is 10.0 Å². The highest BCUT2D eigenvalue weighted by Gasteiger charge is 2.30. The van der Waals surface area contributed by atoms with E-state index in [1.54, 1.807) is 17.0 Å². The van der Waals surface area contributed by atoms with Gasteiger partial charge < -0.3 is 9.32 Å². The van der Waals surface area contributed by atoms with Crippen molar-refractivity contribution in [3.05, 3.63) is 29.7 Å². The average Bonchev–Trinajstić information content (AvgIpc) is 3.15. The van der Waals surface area contributed by atoms with Crippen LogP contribution in [-0.4, -0.2) is 48.3 Å². The molecule has 3 heterocycles. The van der Waals surface area contributed by atoms with E-state index in [2.05, 4.69) is 10.2 Å². The van der Waals surface area contributed by atoms with Gasteiger partial charge in [-0.15, -0.1) is 0 Å². The molecule has 1 aliphatic rings. The van der Waals surface area contributed by atoms with Gasteiger partial charge >= 0.3 is 0 Å². The number of aromatic nitrogens is 2. The van der Waals surface area contributed by atoms with E-state index in [1.807, 2.05) is 13.0 Å². The van der Waals surface area contributed by atoms with Crippen molar-refractivity contribution >= 4 is 15.9 Å². The third kappa shape index (κ3) is 3.62. The smallest absolute Gasteiger partial charge is 0.274 e. The minimum atomic E-state index is -3.52. The Morgan fingerprint density at radius 3 is 2.96 bits per heavy atom. The van der Waals surface area contributed by atoms with Crippen LogP contribution in [0.4, 0.5) is 0 Å². The van der Waals surface area contributed by atoms with Crippen molar-refractivity contribution in [2.24, 2.45) is 11.1 Å². The van der Waals surface area contributed by atoms with E-state index in [9.17, 15) is 13.2 Å². The van der Waals surface area contributed by atoms with Crippen LogP contribution in [0.25, 0.3) is 11.5 Å². The Hall–Kier alpha value is -2.13. The summed E-state index contributed by atoms with van der Waals surface area (Å²) in [4.78, 5) is 14.0. The molecule has 1 aliphatic heterocycles. The van der Waals surface area contributed by atoms with Crippen LogP contribution in [0.5, 0.6) is 0 Å². The van der Waals surface area contributed by atoms with Crippen LogP contribution in [-0.2, 0) is 10.0 Å². The van der Waals surface area contributed by atoms with Gasteiger partial charge in [-0.1, -0.05) is 0 Å². The van der Waals surface area contributed by atoms with Crippen molar-refractivity contribution in [1.82, 2.24) is 15.1 Å². The number of hydrogen-bond donors (Lipinski definition) is 2. The Kier molecular flexibility index (Phi) is 3.99. The highest BCUT2D eigenvalue weighted by atomic mass is 32.2. The van der Waals surface area contributed by atoms with Gasteiger partial charge in [-0.25, -0.2) is 13.6 Å². The van der Waals surface area contributed by atoms with Crippen molar-refractivity contribution in [2.75, 3.05) is 18.8 Å². The van der Waals surface area contributed by atoms with Gasteiger partial charge in [-0.05, 0) is 31.4 Å². The van der Waals surface area contributed by atoms with E-state index >= 15 is 0 Å². The lowest BCUT2D eigenvalue weighted by Crippen LogP contribution is -2.31. The number of hydrogen-bond acceptors (Lipinski definition) is 5. The second-order valence-electron chi connectivity index (χ2n) is 5.81. The zero-order valence-corrected chi connectivity index (χ0v) is 13.5. The van der Waals surface area contributed by atoms with Gasteiger partial charge in [-0.2, -0.15) is 5.10 Å². The number of sulfonamides is 1. The van der Waals surface area contributed by atoms with Crippen LogP contribution in [0.2, 0.25) is 0 Å². The standard InChI is InChI=1S/C14H18N4O4S/c1-9-2-3-13(22-9)11-6-12(17-16-11)14(19)18-5-4-10(7-18)8-23(15,20)21/h2-3,6,10H,4-5,7-8H2,1H3,(H,16,17)(H2,15,20,21)/t10-/m1/s1. The quantitative estimate of drug-likeness (QED) is 0.851. The number of aromatic amines is 1. The summed E-state index contributed by atoms with van der Waals surface area (Å²) in [5, 5.41) is 11.9. The predicted octanol–water partition coefficient (Wildman–Crippen LogP) is 0.729. The van der Waals surface area contributed by atoms with E-state index in [0.717, 1.165) is 5.76 Å². The zero-order chi connectivity index (χ0) is 16.6. The first-order valence-corrected chi connectivity index (χ1v) is 8.95. The average molecular weight is 338 g/mol. The molecule has 0 radical (unpaired) electrons. The normalized spacial score (nSPS) is 18.5. The SMILES string of the molecule is Cc1ccc(-c2cc(C(=O)N3CC[C@@H](CS(N)(=O)=O)C3)n[nH]2)o1. The molecule has 2 aromatic heterocycles. The molecule has 23 heavy (non-hydrogen) atoms. The monoisotopic (exact) mass is 338 g/mol. The maximum atomic E-state index is 12.4. The van der Waals surface area contributed by atoms with Gasteiger partial charge in [0.15, 0.2) is 11.5 Å². The maximum Gasteiger partial charge on any atom is 0.274 e. The summed E-state index contributed by atoms with van der Waals surface area (Å²) in [6.45, 7) is 2.71. The zero-order valence-electron chi connectivity index (χ0n) is 12.7. The third-order valence-electron chi connectivity index (χ3n) is 3.84. The lowest BCUT2D eigenvalue weighted by Gasteiger charge is -2.14. The molecule has 0 saturated carbocycles. The number of carbonyl (C=O) groups excluding carboxylic acids is 1. The Morgan fingerprint density at radius 1 is 1.52 bits per heavy atom. The number of furan rings is 1. The minimum Gasteiger partial charge on any atom is -0.460 e. The fraction of sp³-hybridized carbons (Fsp3) is 0.429. The molecule has 124 valence electrons. The van der Waals surface area contributed by atoms with Gasteiger partial charge in [0.1, 0.15) is 11.5 Å². The minimum absolute atomic E-state index is 0.103. The number of H-pyrrole nitrogens is 1. The summed E-state index contributed by atoms with van der Waals surface area (Å²) in [5.74, 6) is 0.928. The van der Waals surface area contributed by atoms with Gasteiger partial charge in [0.2, 0.25) is 10.0 Å². The molecule has 3 rings (SSSR count). The van der Waals surface area contributed by atoms with E-state index in [4.69, 9.17) is 9.56 Å². The lowest BCUT2D eigenvalue weighted by atomic mass is 10.2. The molecule has 8 nitrogen and oxygen atoms in total. The second kappa shape index (κ2) is 5.82. The lowest BCUT2D eigenvalue weighted by molar-refractivity contribution is 0.0782. The van der Waals surface area contributed by atoms with Crippen LogP contribution in [0.15, 0.2) is 22.6 Å². The molecule has 1 atom stereocenters. The number of carbonyl (C=O) groups is 1. The molecular formula is C14H18N4O4S. The molecule has 1 saturated heterocycles. The fourth-order valence-electron chi connectivity index (χ4n) is 2.78. The van der Waals surface area contributed by atoms with Gasteiger partial charge in [0.05, 0.1) is 5.75 Å². The molecule has 0 aromatic carbocycles. The van der Waals surface area contributed by atoms with Crippen LogP contribution in [0.3, 0.4) is 0 Å². The summed E-state index contributed by atoms with van der Waals surface area (Å²) in [6.07, 6.45) is 0.622. The molecule has 0 bridgehead atoms. The van der Waals surface area contributed by atoms with Crippen LogP contribution in [0, 0.1) is 12.8 Å². The molecule has 0 unspecified atom stereocenters. The second-order valence-corrected chi connectivity index (χ2v) is 7.47. The number of rotatable bonds is 4. The molecule has 2 aromatic rings. The van der Waals surface area contributed by atoms with Gasteiger partial charge in [0, 0.05) is 19.2 Å². The van der Waals surface area contributed by atoms with E-state index in [0.29, 0.717) is 31.0 Å². The highest BCUT2D eigenvalue weighted by Crippen LogP contribution is 2.23. The van der Waals surface area contributed by atoms with Crippen LogP contribution in [0.1, 0.15) is 22.7 Å². The molecule has 9 heteroatoms. The molecule has 0 spiro atoms. The van der Waals surface area contributed by atoms with Crippen LogP contribution >= 0.6 is 0 Å². The van der Waals surface area contributed by atoms with Crippen molar-refractivity contribution in [1.29, 1.82) is 0 Å². The number of nitrogens with two attached hydrogens (primary N) is 1. The first-order valence-electron chi connectivity index (χ1n) is 7.24. The summed E-state index contributed by atoms with van der Waals surface area (Å²) in [5.41, 5.74) is 0.909. The van der Waals surface area contributed by atoms with Crippen molar-refractivity contribution in [3.63, 3.8) is 0 Å². The van der Waals surface area contributed by atoms with Crippen LogP contribution < -0.4 is 5.14 Å². The Labute approximate surface area is 133 Å². The third-order valence-corrected chi connectivity index (χ3v) is 4.78. The fourth-order valence-corrected chi connectivity index (χ4v) is 3.71. The van der Waals surface area contributed by atoms with E-state index in [-0.39, 0.29) is 23.3 Å². The predicted molar refractivity (Wildman–Crippen MR) is 83.0 cm³/mol. The summed E-state index contributed by atoms with van der Waals surface area (Å²) in [6, 6.07) is 5.26. The van der Waals surface area contributed by atoms with E-state index in [1.165, 1.54) is 0 Å². The first kappa shape index (κ1) is 15.8. The highest BCUT2D eigenvalue weighted by molar-refractivity contribution is 7.89. The van der Waals surface area contributed by atoms with Crippen molar-refractivity contribution in [3.8, 4) is 11.5 Å². The summed E-state index contributed by atoms with van der Waals surface area (Å²) < 4.78 is 27.8. The number of likely N-dealkylation sites (tertiary alicyclic amines) is 1. The molecule has 1 fully saturated rings. The first-order chi connectivity index (χ1) is 10.8. The Bertz CT molecular complexity index is 823.